The Bertz CT molecular complexity index is 1190. The monoisotopic (exact) mass is 541 g/mol. The predicted octanol–water partition coefficient (Wildman–Crippen LogP) is 5.02. The molecule has 4 rings (SSSR count). The number of anilines is 2. The second-order valence-electron chi connectivity index (χ2n) is 10.3. The second kappa shape index (κ2) is 11.6. The summed E-state index contributed by atoms with van der Waals surface area (Å²) >= 11 is 1.57. The summed E-state index contributed by atoms with van der Waals surface area (Å²) in [5.41, 5.74) is 0.652. The molecule has 2 aromatic carbocycles. The molecule has 1 fully saturated rings. The van der Waals surface area contributed by atoms with Crippen LogP contribution in [-0.4, -0.2) is 59.5 Å². The van der Waals surface area contributed by atoms with Gasteiger partial charge in [0.05, 0.1) is 17.8 Å². The fourth-order valence-electron chi connectivity index (χ4n) is 4.63. The number of hydrogen-bond donors (Lipinski definition) is 1. The maximum Gasteiger partial charge on any atom is 0.329 e. The van der Waals surface area contributed by atoms with Gasteiger partial charge >= 0.3 is 12.0 Å². The van der Waals surface area contributed by atoms with Gasteiger partial charge in [0.2, 0.25) is 5.91 Å². The van der Waals surface area contributed by atoms with Crippen LogP contribution in [0.1, 0.15) is 46.5 Å². The summed E-state index contributed by atoms with van der Waals surface area (Å²) in [4.78, 5) is 57.1. The molecule has 2 aliphatic heterocycles. The van der Waals surface area contributed by atoms with Crippen LogP contribution in [0.25, 0.3) is 0 Å². The number of carbonyl (C=O) groups excluding carboxylic acids is 4. The minimum atomic E-state index is -1.38. The third-order valence-corrected chi connectivity index (χ3v) is 7.43. The van der Waals surface area contributed by atoms with E-state index >= 15 is 0 Å². The lowest BCUT2D eigenvalue weighted by molar-refractivity contribution is -0.156. The average molecular weight is 542 g/mol. The van der Waals surface area contributed by atoms with Crippen LogP contribution in [-0.2, 0) is 19.1 Å². The van der Waals surface area contributed by atoms with E-state index in [0.717, 1.165) is 21.2 Å². The van der Waals surface area contributed by atoms with Crippen molar-refractivity contribution in [2.45, 2.75) is 73.9 Å². The zero-order valence-corrected chi connectivity index (χ0v) is 22.6. The number of likely N-dealkylation sites (tertiary alicyclic amines) is 1. The molecule has 0 unspecified atom stereocenters. The molecule has 0 radical (unpaired) electrons. The smallest absolute Gasteiger partial charge is 0.329 e. The maximum absolute atomic E-state index is 14.1. The first-order valence-electron chi connectivity index (χ1n) is 12.7. The molecule has 0 bridgehead atoms. The summed E-state index contributed by atoms with van der Waals surface area (Å²) in [6.45, 7) is 4.04. The number of halogens is 1. The molecule has 2 atom stereocenters. The summed E-state index contributed by atoms with van der Waals surface area (Å²) < 4.78 is 18.6. The minimum Gasteiger partial charge on any atom is -0.460 e. The van der Waals surface area contributed by atoms with Gasteiger partial charge in [0.1, 0.15) is 24.4 Å². The van der Waals surface area contributed by atoms with E-state index in [2.05, 4.69) is 5.32 Å². The van der Waals surface area contributed by atoms with Crippen molar-refractivity contribution in [1.82, 2.24) is 10.2 Å². The Labute approximate surface area is 225 Å². The lowest BCUT2D eigenvalue weighted by atomic mass is 10.0. The van der Waals surface area contributed by atoms with Gasteiger partial charge in [-0.25, -0.2) is 9.18 Å². The van der Waals surface area contributed by atoms with E-state index in [9.17, 15) is 23.6 Å². The Morgan fingerprint density at radius 3 is 2.21 bits per heavy atom. The quantitative estimate of drug-likeness (QED) is 0.516. The highest BCUT2D eigenvalue weighted by Gasteiger charge is 2.39. The van der Waals surface area contributed by atoms with Crippen molar-refractivity contribution in [3.05, 3.63) is 48.5 Å². The molecule has 38 heavy (non-hydrogen) atoms. The van der Waals surface area contributed by atoms with Crippen molar-refractivity contribution in [1.29, 1.82) is 0 Å². The molecular weight excluding hydrogens is 509 g/mol. The Hall–Kier alpha value is -3.40. The van der Waals surface area contributed by atoms with E-state index in [-0.39, 0.29) is 6.03 Å². The number of benzene rings is 2. The summed E-state index contributed by atoms with van der Waals surface area (Å²) in [7, 11) is 0. The molecule has 0 aliphatic carbocycles. The molecule has 3 amide bonds. The van der Waals surface area contributed by atoms with Gasteiger partial charge < -0.3 is 15.0 Å². The lowest BCUT2D eigenvalue weighted by Crippen LogP contribution is -2.57. The van der Waals surface area contributed by atoms with E-state index < -0.39 is 48.4 Å². The van der Waals surface area contributed by atoms with Crippen molar-refractivity contribution in [3.63, 3.8) is 0 Å². The normalized spacial score (nSPS) is 17.6. The Morgan fingerprint density at radius 2 is 1.63 bits per heavy atom. The number of nitrogens with zero attached hydrogens (tertiary/aromatic N) is 2. The first-order valence-corrected chi connectivity index (χ1v) is 13.5. The van der Waals surface area contributed by atoms with Crippen molar-refractivity contribution in [2.75, 3.05) is 18.1 Å². The standard InChI is InChI=1S/C28H32FN3O5S/c1-28(2,3)37-25(34)16-18(22(33)17-29)30-26(35)21-12-8-9-15-31(21)27(36)32-19-10-4-6-13-23(19)38-24-14-7-5-11-20(24)32/h4-7,10-11,13-14,18,21H,8-9,12,15-17H2,1-3H3,(H,30,35)/t18-,21-/m0/s1. The number of nitrogens with one attached hydrogen (secondary N) is 1. The number of rotatable bonds is 6. The fraction of sp³-hybridized carbons (Fsp3) is 0.429. The number of fused-ring (bicyclic) bond motifs is 2. The topological polar surface area (TPSA) is 96.0 Å². The van der Waals surface area contributed by atoms with Gasteiger partial charge in [-0.3, -0.25) is 19.3 Å². The second-order valence-corrected chi connectivity index (χ2v) is 11.4. The number of para-hydroxylation sites is 2. The van der Waals surface area contributed by atoms with E-state index in [1.165, 1.54) is 4.90 Å². The predicted molar refractivity (Wildman–Crippen MR) is 142 cm³/mol. The van der Waals surface area contributed by atoms with Gasteiger partial charge in [0.25, 0.3) is 0 Å². The summed E-state index contributed by atoms with van der Waals surface area (Å²) in [6.07, 6.45) is 1.31. The van der Waals surface area contributed by atoms with Crippen molar-refractivity contribution >= 4 is 46.8 Å². The number of hydrogen-bond acceptors (Lipinski definition) is 6. The van der Waals surface area contributed by atoms with E-state index in [1.807, 2.05) is 48.5 Å². The van der Waals surface area contributed by atoms with Crippen LogP contribution >= 0.6 is 11.8 Å². The van der Waals surface area contributed by atoms with Crippen LogP contribution in [0.5, 0.6) is 0 Å². The molecule has 10 heteroatoms. The van der Waals surface area contributed by atoms with E-state index in [1.54, 1.807) is 37.4 Å². The highest BCUT2D eigenvalue weighted by Crippen LogP contribution is 2.48. The summed E-state index contributed by atoms with van der Waals surface area (Å²) in [5.74, 6) is -2.24. The number of alkyl halides is 1. The molecule has 0 spiro atoms. The van der Waals surface area contributed by atoms with Gasteiger partial charge in [-0.1, -0.05) is 36.0 Å². The minimum absolute atomic E-state index is 0.346. The largest absolute Gasteiger partial charge is 0.460 e. The van der Waals surface area contributed by atoms with E-state index in [4.69, 9.17) is 4.74 Å². The van der Waals surface area contributed by atoms with Gasteiger partial charge in [0.15, 0.2) is 5.78 Å². The van der Waals surface area contributed by atoms with Crippen molar-refractivity contribution in [3.8, 4) is 0 Å². The van der Waals surface area contributed by atoms with Gasteiger partial charge in [-0.15, -0.1) is 0 Å². The average Bonchev–Trinajstić information content (AvgIpc) is 2.89. The lowest BCUT2D eigenvalue weighted by Gasteiger charge is -2.40. The molecule has 1 N–H and O–H groups in total. The number of Topliss-reactive ketones (excluding diaryl/α,β-unsaturated/α-hetero) is 1. The molecule has 0 aromatic heterocycles. The third-order valence-electron chi connectivity index (χ3n) is 6.30. The first-order chi connectivity index (χ1) is 18.1. The fourth-order valence-corrected chi connectivity index (χ4v) is 5.69. The number of piperidine rings is 1. The Kier molecular flexibility index (Phi) is 8.40. The van der Waals surface area contributed by atoms with Crippen LogP contribution < -0.4 is 10.2 Å². The number of amides is 3. The Morgan fingerprint density at radius 1 is 1.03 bits per heavy atom. The van der Waals surface area contributed by atoms with Gasteiger partial charge in [-0.2, -0.15) is 0 Å². The first kappa shape index (κ1) is 27.6. The third kappa shape index (κ3) is 6.18. The van der Waals surface area contributed by atoms with Gasteiger partial charge in [-0.05, 0) is 64.3 Å². The van der Waals surface area contributed by atoms with Gasteiger partial charge in [0, 0.05) is 16.3 Å². The molecule has 2 aliphatic rings. The van der Waals surface area contributed by atoms with Crippen LogP contribution in [0.15, 0.2) is 58.3 Å². The zero-order valence-electron chi connectivity index (χ0n) is 21.7. The highest BCUT2D eigenvalue weighted by molar-refractivity contribution is 7.99. The number of ketones is 1. The van der Waals surface area contributed by atoms with E-state index in [0.29, 0.717) is 25.8 Å². The Balaban J connectivity index is 1.58. The number of urea groups is 1. The van der Waals surface area contributed by atoms with Crippen LogP contribution in [0.4, 0.5) is 20.6 Å². The zero-order chi connectivity index (χ0) is 27.4. The molecule has 2 heterocycles. The molecule has 0 saturated carbocycles. The van der Waals surface area contributed by atoms with Crippen molar-refractivity contribution < 1.29 is 28.3 Å². The number of carbonyl (C=O) groups is 4. The molecule has 202 valence electrons. The molecule has 8 nitrogen and oxygen atoms in total. The molecule has 1 saturated heterocycles. The molecular formula is C28H32FN3O5S. The van der Waals surface area contributed by atoms with Crippen molar-refractivity contribution in [2.24, 2.45) is 0 Å². The summed E-state index contributed by atoms with van der Waals surface area (Å²) in [5, 5.41) is 2.53. The van der Waals surface area contributed by atoms with Crippen LogP contribution in [0, 0.1) is 0 Å². The number of esters is 1. The summed E-state index contributed by atoms with van der Waals surface area (Å²) in [6, 6.07) is 12.5. The van der Waals surface area contributed by atoms with Crippen LogP contribution in [0.3, 0.4) is 0 Å². The highest BCUT2D eigenvalue weighted by atomic mass is 32.2. The SMILES string of the molecule is CC(C)(C)OC(=O)C[C@H](NC(=O)[C@@H]1CCCCN1C(=O)N1c2ccccc2Sc2ccccc21)C(=O)CF. The maximum atomic E-state index is 14.1. The van der Waals surface area contributed by atoms with Crippen LogP contribution in [0.2, 0.25) is 0 Å². The molecule has 2 aromatic rings. The number of ether oxygens (including phenoxy) is 1.